The van der Waals surface area contributed by atoms with Crippen molar-refractivity contribution in [1.29, 1.82) is 0 Å². The van der Waals surface area contributed by atoms with E-state index in [2.05, 4.69) is 80.2 Å². The molecule has 0 amide bonds. The molecule has 0 bridgehead atoms. The second-order valence-electron chi connectivity index (χ2n) is 5.40. The fourth-order valence-corrected chi connectivity index (χ4v) is 3.14. The van der Waals surface area contributed by atoms with Crippen molar-refractivity contribution in [3.8, 4) is 0 Å². The second-order valence-corrected chi connectivity index (χ2v) is 7.17. The van der Waals surface area contributed by atoms with E-state index in [4.69, 9.17) is 5.73 Å². The summed E-state index contributed by atoms with van der Waals surface area (Å²) in [5, 5.41) is 0. The Balaban J connectivity index is 2.27. The fraction of sp³-hybridized carbons (Fsp3) is 0.294. The SMILES string of the molecule is CC(N)Cc1ccc(Br)cc1N(C)Cc1ccccc1Br. The van der Waals surface area contributed by atoms with Gasteiger partial charge in [-0.15, -0.1) is 0 Å². The van der Waals surface area contributed by atoms with E-state index in [1.807, 2.05) is 13.0 Å². The van der Waals surface area contributed by atoms with Crippen LogP contribution in [0.25, 0.3) is 0 Å². The van der Waals surface area contributed by atoms with Gasteiger partial charge in [0.2, 0.25) is 0 Å². The quantitative estimate of drug-likeness (QED) is 0.769. The molecule has 4 heteroatoms. The Morgan fingerprint density at radius 3 is 2.48 bits per heavy atom. The summed E-state index contributed by atoms with van der Waals surface area (Å²) in [6.45, 7) is 2.89. The molecule has 2 N–H and O–H groups in total. The molecule has 112 valence electrons. The van der Waals surface area contributed by atoms with Gasteiger partial charge in [0.05, 0.1) is 0 Å². The Hall–Kier alpha value is -0.840. The van der Waals surface area contributed by atoms with Crippen LogP contribution in [0.2, 0.25) is 0 Å². The Labute approximate surface area is 143 Å². The minimum Gasteiger partial charge on any atom is -0.370 e. The van der Waals surface area contributed by atoms with Crippen LogP contribution in [-0.4, -0.2) is 13.1 Å². The molecule has 0 aliphatic heterocycles. The van der Waals surface area contributed by atoms with Gasteiger partial charge in [-0.05, 0) is 42.7 Å². The average Bonchev–Trinajstić information content (AvgIpc) is 2.43. The third-order valence-electron chi connectivity index (χ3n) is 3.37. The Morgan fingerprint density at radius 1 is 1.10 bits per heavy atom. The van der Waals surface area contributed by atoms with Crippen LogP contribution >= 0.6 is 31.9 Å². The molecule has 0 aliphatic carbocycles. The maximum Gasteiger partial charge on any atom is 0.0437 e. The summed E-state index contributed by atoms with van der Waals surface area (Å²) in [7, 11) is 2.12. The van der Waals surface area contributed by atoms with E-state index in [0.29, 0.717) is 0 Å². The number of nitrogens with two attached hydrogens (primary N) is 1. The second kappa shape index (κ2) is 7.43. The van der Waals surface area contributed by atoms with Crippen molar-refractivity contribution in [2.24, 2.45) is 5.73 Å². The molecule has 0 aromatic heterocycles. The molecule has 0 radical (unpaired) electrons. The molecule has 0 saturated carbocycles. The Bertz CT molecular complexity index is 611. The number of rotatable bonds is 5. The minimum absolute atomic E-state index is 0.154. The van der Waals surface area contributed by atoms with Crippen molar-refractivity contribution >= 4 is 37.5 Å². The number of nitrogens with zero attached hydrogens (tertiary/aromatic N) is 1. The van der Waals surface area contributed by atoms with Gasteiger partial charge in [-0.2, -0.15) is 0 Å². The van der Waals surface area contributed by atoms with E-state index in [1.54, 1.807) is 0 Å². The summed E-state index contributed by atoms with van der Waals surface area (Å²) in [4.78, 5) is 2.27. The molecular weight excluding hydrogens is 392 g/mol. The molecule has 0 fully saturated rings. The van der Waals surface area contributed by atoms with Crippen molar-refractivity contribution < 1.29 is 0 Å². The summed E-state index contributed by atoms with van der Waals surface area (Å²) in [5.74, 6) is 0. The van der Waals surface area contributed by atoms with E-state index < -0.39 is 0 Å². The van der Waals surface area contributed by atoms with Gasteiger partial charge >= 0.3 is 0 Å². The Kier molecular flexibility index (Phi) is 5.85. The summed E-state index contributed by atoms with van der Waals surface area (Å²) in [6, 6.07) is 14.9. The molecule has 2 rings (SSSR count). The fourth-order valence-electron chi connectivity index (χ4n) is 2.38. The number of benzene rings is 2. The molecule has 2 aromatic carbocycles. The highest BCUT2D eigenvalue weighted by molar-refractivity contribution is 9.10. The molecule has 2 aromatic rings. The standard InChI is InChI=1S/C17H20Br2N2/c1-12(20)9-13-7-8-15(18)10-17(13)21(2)11-14-5-3-4-6-16(14)19/h3-8,10,12H,9,11,20H2,1-2H3. The third-order valence-corrected chi connectivity index (χ3v) is 4.63. The van der Waals surface area contributed by atoms with Crippen molar-refractivity contribution in [1.82, 2.24) is 0 Å². The largest absolute Gasteiger partial charge is 0.370 e. The number of hydrogen-bond acceptors (Lipinski definition) is 2. The molecule has 1 atom stereocenters. The maximum absolute atomic E-state index is 5.97. The topological polar surface area (TPSA) is 29.3 Å². The third kappa shape index (κ3) is 4.56. The zero-order valence-corrected chi connectivity index (χ0v) is 15.5. The van der Waals surface area contributed by atoms with Crippen LogP contribution in [0.15, 0.2) is 51.4 Å². The highest BCUT2D eigenvalue weighted by atomic mass is 79.9. The van der Waals surface area contributed by atoms with E-state index in [0.717, 1.165) is 21.9 Å². The lowest BCUT2D eigenvalue weighted by Gasteiger charge is -2.24. The van der Waals surface area contributed by atoms with E-state index in [1.165, 1.54) is 16.8 Å². The molecule has 0 aliphatic rings. The van der Waals surface area contributed by atoms with Crippen molar-refractivity contribution in [2.45, 2.75) is 25.9 Å². The first-order valence-corrected chi connectivity index (χ1v) is 8.54. The molecule has 2 nitrogen and oxygen atoms in total. The summed E-state index contributed by atoms with van der Waals surface area (Å²) < 4.78 is 2.23. The first-order chi connectivity index (χ1) is 9.97. The lowest BCUT2D eigenvalue weighted by Crippen LogP contribution is -2.22. The van der Waals surface area contributed by atoms with Gasteiger partial charge in [0, 0.05) is 34.3 Å². The van der Waals surface area contributed by atoms with Crippen LogP contribution in [0.1, 0.15) is 18.1 Å². The van der Waals surface area contributed by atoms with Gasteiger partial charge in [0.25, 0.3) is 0 Å². The number of hydrogen-bond donors (Lipinski definition) is 1. The van der Waals surface area contributed by atoms with Crippen molar-refractivity contribution in [3.63, 3.8) is 0 Å². The lowest BCUT2D eigenvalue weighted by atomic mass is 10.0. The van der Waals surface area contributed by atoms with Crippen LogP contribution < -0.4 is 10.6 Å². The van der Waals surface area contributed by atoms with Crippen LogP contribution in [0, 0.1) is 0 Å². The predicted octanol–water partition coefficient (Wildman–Crippen LogP) is 4.74. The lowest BCUT2D eigenvalue weighted by molar-refractivity contribution is 0.734. The molecular formula is C17H20Br2N2. The van der Waals surface area contributed by atoms with E-state index in [-0.39, 0.29) is 6.04 Å². The smallest absolute Gasteiger partial charge is 0.0437 e. The summed E-state index contributed by atoms with van der Waals surface area (Å²) >= 11 is 7.18. The highest BCUT2D eigenvalue weighted by Gasteiger charge is 2.11. The van der Waals surface area contributed by atoms with Gasteiger partial charge in [-0.25, -0.2) is 0 Å². The number of halogens is 2. The number of anilines is 1. The Morgan fingerprint density at radius 2 is 1.81 bits per heavy atom. The van der Waals surface area contributed by atoms with E-state index in [9.17, 15) is 0 Å². The monoisotopic (exact) mass is 410 g/mol. The van der Waals surface area contributed by atoms with Gasteiger partial charge in [0.15, 0.2) is 0 Å². The van der Waals surface area contributed by atoms with Crippen LogP contribution in [0.4, 0.5) is 5.69 Å². The minimum atomic E-state index is 0.154. The molecule has 0 heterocycles. The molecule has 0 spiro atoms. The first-order valence-electron chi connectivity index (χ1n) is 6.96. The summed E-state index contributed by atoms with van der Waals surface area (Å²) in [5.41, 5.74) is 9.74. The molecule has 21 heavy (non-hydrogen) atoms. The summed E-state index contributed by atoms with van der Waals surface area (Å²) in [6.07, 6.45) is 0.878. The van der Waals surface area contributed by atoms with Crippen molar-refractivity contribution in [2.75, 3.05) is 11.9 Å². The average molecular weight is 412 g/mol. The van der Waals surface area contributed by atoms with E-state index >= 15 is 0 Å². The van der Waals surface area contributed by atoms with Crippen LogP contribution in [0.3, 0.4) is 0 Å². The zero-order chi connectivity index (χ0) is 15.4. The van der Waals surface area contributed by atoms with Crippen LogP contribution in [-0.2, 0) is 13.0 Å². The van der Waals surface area contributed by atoms with Gasteiger partial charge in [-0.3, -0.25) is 0 Å². The predicted molar refractivity (Wildman–Crippen MR) is 97.7 cm³/mol. The first kappa shape index (κ1) is 16.5. The zero-order valence-electron chi connectivity index (χ0n) is 12.3. The van der Waals surface area contributed by atoms with Gasteiger partial charge < -0.3 is 10.6 Å². The maximum atomic E-state index is 5.97. The highest BCUT2D eigenvalue weighted by Crippen LogP contribution is 2.28. The van der Waals surface area contributed by atoms with Crippen LogP contribution in [0.5, 0.6) is 0 Å². The van der Waals surface area contributed by atoms with Crippen molar-refractivity contribution in [3.05, 3.63) is 62.5 Å². The molecule has 0 saturated heterocycles. The van der Waals surface area contributed by atoms with Gasteiger partial charge in [-0.1, -0.05) is 56.1 Å². The molecule has 1 unspecified atom stereocenters. The normalized spacial score (nSPS) is 12.2. The van der Waals surface area contributed by atoms with Gasteiger partial charge in [0.1, 0.15) is 0 Å².